The molecule has 0 aromatic heterocycles. The molecule has 1 amide bonds. The van der Waals surface area contributed by atoms with Crippen LogP contribution in [0.15, 0.2) is 77.7 Å². The number of hydrogen-bond acceptors (Lipinski definition) is 3. The number of nitrogens with one attached hydrogen (secondary N) is 2. The van der Waals surface area contributed by atoms with Gasteiger partial charge >= 0.3 is 0 Å². The number of aryl methyl sites for hydroxylation is 1. The normalized spacial score (nSPS) is 11.0. The van der Waals surface area contributed by atoms with E-state index in [-0.39, 0.29) is 10.8 Å². The molecule has 0 spiro atoms. The first-order valence-corrected chi connectivity index (χ1v) is 9.97. The Balaban J connectivity index is 1.81. The Morgan fingerprint density at radius 1 is 0.926 bits per heavy atom. The topological polar surface area (TPSA) is 75.3 Å². The van der Waals surface area contributed by atoms with Crippen LogP contribution in [0.25, 0.3) is 0 Å². The Labute approximate surface area is 163 Å². The molecule has 0 atom stereocenters. The molecule has 0 bridgehead atoms. The summed E-state index contributed by atoms with van der Waals surface area (Å²) in [6.07, 6.45) is 0. The number of anilines is 2. The Morgan fingerprint density at radius 2 is 1.67 bits per heavy atom. The number of sulfonamides is 1. The molecule has 0 unspecified atom stereocenters. The van der Waals surface area contributed by atoms with Gasteiger partial charge in [0.15, 0.2) is 0 Å². The third-order valence-corrected chi connectivity index (χ3v) is 5.51. The molecule has 0 aliphatic heterocycles. The lowest BCUT2D eigenvalue weighted by atomic mass is 10.1. The summed E-state index contributed by atoms with van der Waals surface area (Å²) in [5, 5.41) is 3.30. The van der Waals surface area contributed by atoms with Gasteiger partial charge in [0.25, 0.3) is 15.9 Å². The summed E-state index contributed by atoms with van der Waals surface area (Å²) in [7, 11) is -3.73. The van der Waals surface area contributed by atoms with Gasteiger partial charge in [-0.05, 0) is 55.0 Å². The smallest absolute Gasteiger partial charge is 0.261 e. The maximum Gasteiger partial charge on any atom is 0.261 e. The zero-order valence-electron chi connectivity index (χ0n) is 14.4. The average Bonchev–Trinajstić information content (AvgIpc) is 2.65. The molecule has 3 aromatic rings. The first kappa shape index (κ1) is 18.9. The highest BCUT2D eigenvalue weighted by molar-refractivity contribution is 7.92. The Morgan fingerprint density at radius 3 is 2.41 bits per heavy atom. The predicted molar refractivity (Wildman–Crippen MR) is 108 cm³/mol. The number of carbonyl (C=O) groups is 1. The van der Waals surface area contributed by atoms with E-state index in [4.69, 9.17) is 11.6 Å². The van der Waals surface area contributed by atoms with Crippen molar-refractivity contribution in [2.75, 3.05) is 10.0 Å². The predicted octanol–water partition coefficient (Wildman–Crippen LogP) is 4.70. The summed E-state index contributed by atoms with van der Waals surface area (Å²) in [6.45, 7) is 1.86. The number of hydrogen-bond donors (Lipinski definition) is 2. The molecule has 138 valence electrons. The van der Waals surface area contributed by atoms with E-state index in [1.807, 2.05) is 13.0 Å². The summed E-state index contributed by atoms with van der Waals surface area (Å²) in [6, 6.07) is 19.5. The fraction of sp³-hybridized carbons (Fsp3) is 0.0500. The first-order chi connectivity index (χ1) is 12.8. The largest absolute Gasteiger partial charge is 0.322 e. The second kappa shape index (κ2) is 7.82. The van der Waals surface area contributed by atoms with E-state index >= 15 is 0 Å². The van der Waals surface area contributed by atoms with Crippen molar-refractivity contribution in [1.82, 2.24) is 0 Å². The van der Waals surface area contributed by atoms with Gasteiger partial charge in [0.05, 0.1) is 4.90 Å². The zero-order chi connectivity index (χ0) is 19.4. The van der Waals surface area contributed by atoms with Crippen LogP contribution in [0.5, 0.6) is 0 Å². The summed E-state index contributed by atoms with van der Waals surface area (Å²) >= 11 is 5.97. The maximum atomic E-state index is 12.5. The molecule has 0 aliphatic rings. The molecular formula is C20H17ClN2O3S. The number of rotatable bonds is 5. The summed E-state index contributed by atoms with van der Waals surface area (Å²) in [5.74, 6) is -0.360. The lowest BCUT2D eigenvalue weighted by molar-refractivity contribution is 0.102. The fourth-order valence-corrected chi connectivity index (χ4v) is 3.70. The van der Waals surface area contributed by atoms with Gasteiger partial charge in [-0.25, -0.2) is 8.42 Å². The third-order valence-electron chi connectivity index (χ3n) is 3.88. The van der Waals surface area contributed by atoms with E-state index in [0.29, 0.717) is 22.0 Å². The third kappa shape index (κ3) is 4.67. The van der Waals surface area contributed by atoms with Crippen molar-refractivity contribution in [2.24, 2.45) is 0 Å². The summed E-state index contributed by atoms with van der Waals surface area (Å²) < 4.78 is 27.3. The molecule has 0 heterocycles. The number of carbonyl (C=O) groups excluding carboxylic acids is 1. The highest BCUT2D eigenvalue weighted by Gasteiger charge is 2.15. The van der Waals surface area contributed by atoms with E-state index < -0.39 is 10.0 Å². The van der Waals surface area contributed by atoms with Gasteiger partial charge in [0.2, 0.25) is 0 Å². The highest BCUT2D eigenvalue weighted by atomic mass is 35.5. The van der Waals surface area contributed by atoms with Gasteiger partial charge in [-0.3, -0.25) is 9.52 Å². The van der Waals surface area contributed by atoms with Crippen LogP contribution in [0, 0.1) is 6.92 Å². The minimum atomic E-state index is -3.73. The van der Waals surface area contributed by atoms with Gasteiger partial charge in [0, 0.05) is 22.0 Å². The van der Waals surface area contributed by atoms with Crippen molar-refractivity contribution in [3.05, 3.63) is 88.9 Å². The monoisotopic (exact) mass is 400 g/mol. The van der Waals surface area contributed by atoms with E-state index in [9.17, 15) is 13.2 Å². The highest BCUT2D eigenvalue weighted by Crippen LogP contribution is 2.22. The molecule has 0 saturated carbocycles. The van der Waals surface area contributed by atoms with E-state index in [1.165, 1.54) is 18.2 Å². The van der Waals surface area contributed by atoms with Gasteiger partial charge in [0.1, 0.15) is 0 Å². The number of amides is 1. The minimum absolute atomic E-state index is 0.148. The van der Waals surface area contributed by atoms with Crippen molar-refractivity contribution in [1.29, 1.82) is 0 Å². The van der Waals surface area contributed by atoms with Crippen LogP contribution in [0.4, 0.5) is 11.4 Å². The van der Waals surface area contributed by atoms with E-state index in [1.54, 1.807) is 48.5 Å². The van der Waals surface area contributed by atoms with Crippen LogP contribution in [-0.4, -0.2) is 14.3 Å². The minimum Gasteiger partial charge on any atom is -0.322 e. The van der Waals surface area contributed by atoms with E-state index in [2.05, 4.69) is 10.0 Å². The lowest BCUT2D eigenvalue weighted by Crippen LogP contribution is -2.15. The van der Waals surface area contributed by atoms with Crippen molar-refractivity contribution in [3.8, 4) is 0 Å². The zero-order valence-corrected chi connectivity index (χ0v) is 16.0. The van der Waals surface area contributed by atoms with Gasteiger partial charge in [-0.1, -0.05) is 41.9 Å². The van der Waals surface area contributed by atoms with Gasteiger partial charge in [-0.2, -0.15) is 0 Å². The maximum absolute atomic E-state index is 12.5. The molecule has 0 fully saturated rings. The van der Waals surface area contributed by atoms with Gasteiger partial charge < -0.3 is 5.32 Å². The van der Waals surface area contributed by atoms with Crippen molar-refractivity contribution in [2.45, 2.75) is 11.8 Å². The Hall–Kier alpha value is -2.83. The molecule has 0 radical (unpaired) electrons. The molecular weight excluding hydrogens is 384 g/mol. The molecule has 27 heavy (non-hydrogen) atoms. The molecule has 2 N–H and O–H groups in total. The SMILES string of the molecule is Cc1ccc(Cl)cc1NC(=O)c1cccc(NS(=O)(=O)c2ccccc2)c1. The number of benzene rings is 3. The Bertz CT molecular complexity index is 1080. The second-order valence-corrected chi connectivity index (χ2v) is 8.03. The first-order valence-electron chi connectivity index (χ1n) is 8.10. The van der Waals surface area contributed by atoms with Crippen LogP contribution >= 0.6 is 11.6 Å². The molecule has 3 rings (SSSR count). The van der Waals surface area contributed by atoms with Crippen LogP contribution in [0.2, 0.25) is 5.02 Å². The molecule has 7 heteroatoms. The molecule has 0 saturated heterocycles. The average molecular weight is 401 g/mol. The molecule has 3 aromatic carbocycles. The van der Waals surface area contributed by atoms with Crippen LogP contribution in [0.3, 0.4) is 0 Å². The standard InChI is InChI=1S/C20H17ClN2O3S/c1-14-10-11-16(21)13-19(14)22-20(24)15-6-5-7-17(12-15)23-27(25,26)18-8-3-2-4-9-18/h2-13,23H,1H3,(H,22,24). The van der Waals surface area contributed by atoms with Crippen molar-refractivity contribution < 1.29 is 13.2 Å². The van der Waals surface area contributed by atoms with Crippen molar-refractivity contribution in [3.63, 3.8) is 0 Å². The fourth-order valence-electron chi connectivity index (χ4n) is 2.46. The summed E-state index contributed by atoms with van der Waals surface area (Å²) in [5.41, 5.74) is 2.09. The number of halogens is 1. The molecule has 5 nitrogen and oxygen atoms in total. The lowest BCUT2D eigenvalue weighted by Gasteiger charge is -2.11. The van der Waals surface area contributed by atoms with Crippen molar-refractivity contribution >= 4 is 38.9 Å². The Kier molecular flexibility index (Phi) is 5.48. The van der Waals surface area contributed by atoms with E-state index in [0.717, 1.165) is 5.56 Å². The van der Waals surface area contributed by atoms with Crippen LogP contribution < -0.4 is 10.0 Å². The van der Waals surface area contributed by atoms with Crippen LogP contribution in [-0.2, 0) is 10.0 Å². The van der Waals surface area contributed by atoms with Gasteiger partial charge in [-0.15, -0.1) is 0 Å². The molecule has 0 aliphatic carbocycles. The quantitative estimate of drug-likeness (QED) is 0.651. The van der Waals surface area contributed by atoms with Crippen LogP contribution in [0.1, 0.15) is 15.9 Å². The summed E-state index contributed by atoms with van der Waals surface area (Å²) in [4.78, 5) is 12.7. The second-order valence-electron chi connectivity index (χ2n) is 5.91.